The van der Waals surface area contributed by atoms with Crippen LogP contribution >= 0.6 is 0 Å². The molecule has 44 heavy (non-hydrogen) atoms. The number of methoxy groups -OCH3 is 2. The highest BCUT2D eigenvalue weighted by molar-refractivity contribution is 5.82. The van der Waals surface area contributed by atoms with E-state index in [1.54, 1.807) is 31.4 Å². The zero-order valence-corrected chi connectivity index (χ0v) is 26.5. The maximum Gasteiger partial charge on any atom is 0.302 e. The molecule has 1 fully saturated rings. The predicted octanol–water partition coefficient (Wildman–Crippen LogP) is 5.12. The molecule has 2 aliphatic carbocycles. The second-order valence-electron chi connectivity index (χ2n) is 12.0. The Morgan fingerprint density at radius 1 is 1.00 bits per heavy atom. The first-order valence-corrected chi connectivity index (χ1v) is 15.8. The average molecular weight is 609 g/mol. The molecule has 1 saturated carbocycles. The maximum absolute atomic E-state index is 13.8. The molecular weight excluding hydrogens is 560 g/mol. The molecule has 0 spiro atoms. The number of hydrogen-bond donors (Lipinski definition) is 4. The molecule has 4 rings (SSSR count). The van der Waals surface area contributed by atoms with Crippen molar-refractivity contribution in [3.05, 3.63) is 53.1 Å². The van der Waals surface area contributed by atoms with Gasteiger partial charge in [-0.1, -0.05) is 25.0 Å². The number of benzene rings is 2. The van der Waals surface area contributed by atoms with Crippen LogP contribution in [0.3, 0.4) is 0 Å². The van der Waals surface area contributed by atoms with Crippen molar-refractivity contribution in [3.8, 4) is 23.0 Å². The highest BCUT2D eigenvalue weighted by Crippen LogP contribution is 2.50. The molecule has 0 bridgehead atoms. The Morgan fingerprint density at radius 3 is 2.48 bits per heavy atom. The third-order valence-corrected chi connectivity index (χ3v) is 9.01. The lowest BCUT2D eigenvalue weighted by molar-refractivity contribution is -0.147. The smallest absolute Gasteiger partial charge is 0.302 e. The Labute approximate surface area is 261 Å². The third-order valence-electron chi connectivity index (χ3n) is 9.01. The molecule has 4 N–H and O–H groups in total. The molecule has 4 unspecified atom stereocenters. The fourth-order valence-electron chi connectivity index (χ4n) is 6.88. The van der Waals surface area contributed by atoms with Gasteiger partial charge in [-0.15, -0.1) is 0 Å². The van der Waals surface area contributed by atoms with Gasteiger partial charge < -0.3 is 35.1 Å². The minimum atomic E-state index is -0.563. The fraction of sp³-hybridized carbons (Fsp3) is 0.543. The van der Waals surface area contributed by atoms with Gasteiger partial charge in [0, 0.05) is 39.4 Å². The van der Waals surface area contributed by atoms with Gasteiger partial charge in [0.15, 0.2) is 23.0 Å². The van der Waals surface area contributed by atoms with Crippen LogP contribution in [-0.4, -0.2) is 69.0 Å². The van der Waals surface area contributed by atoms with Crippen LogP contribution in [0.5, 0.6) is 23.0 Å². The number of likely N-dealkylation sites (N-methyl/N-ethyl adjacent to an activating group) is 1. The van der Waals surface area contributed by atoms with E-state index in [4.69, 9.17) is 14.2 Å². The summed E-state index contributed by atoms with van der Waals surface area (Å²) in [5.41, 5.74) is 4.05. The van der Waals surface area contributed by atoms with Crippen LogP contribution in [0.2, 0.25) is 0 Å². The van der Waals surface area contributed by atoms with Crippen LogP contribution in [0.1, 0.15) is 74.5 Å². The Kier molecular flexibility index (Phi) is 12.1. The zero-order valence-electron chi connectivity index (χ0n) is 26.5. The van der Waals surface area contributed by atoms with E-state index >= 15 is 0 Å². The highest BCUT2D eigenvalue weighted by Gasteiger charge is 2.38. The van der Waals surface area contributed by atoms with Crippen molar-refractivity contribution >= 4 is 17.3 Å². The number of ether oxygens (including phenoxy) is 3. The predicted molar refractivity (Wildman–Crippen MR) is 170 cm³/mol. The Morgan fingerprint density at radius 2 is 1.75 bits per heavy atom. The largest absolute Gasteiger partial charge is 0.504 e. The van der Waals surface area contributed by atoms with Crippen LogP contribution in [-0.2, 0) is 20.7 Å². The van der Waals surface area contributed by atoms with Crippen molar-refractivity contribution in [2.24, 2.45) is 11.8 Å². The lowest BCUT2D eigenvalue weighted by atomic mass is 9.69. The summed E-state index contributed by atoms with van der Waals surface area (Å²) >= 11 is 0. The summed E-state index contributed by atoms with van der Waals surface area (Å²) in [6, 6.07) is 8.85. The van der Waals surface area contributed by atoms with E-state index in [-0.39, 0.29) is 35.5 Å². The van der Waals surface area contributed by atoms with E-state index in [0.29, 0.717) is 43.2 Å². The lowest BCUT2D eigenvalue weighted by Gasteiger charge is -2.35. The van der Waals surface area contributed by atoms with Gasteiger partial charge >= 0.3 is 5.97 Å². The molecular formula is C35H48N2O7. The molecule has 0 saturated heterocycles. The van der Waals surface area contributed by atoms with Crippen molar-refractivity contribution in [1.82, 2.24) is 10.6 Å². The summed E-state index contributed by atoms with van der Waals surface area (Å²) in [6.07, 6.45) is 7.65. The number of allylic oxidation sites excluding steroid dienone is 1. The maximum atomic E-state index is 13.8. The molecule has 0 heterocycles. The highest BCUT2D eigenvalue weighted by atomic mass is 16.5. The number of carbonyl (C=O) groups is 2. The number of Topliss-reactive ketones (excluding diaryl/α,β-unsaturated/α-hetero) is 1. The number of hydrogen-bond acceptors (Lipinski definition) is 9. The number of phenolic OH excluding ortho intramolecular Hbond substituents is 2. The second-order valence-corrected chi connectivity index (χ2v) is 12.0. The molecule has 2 aromatic carbocycles. The van der Waals surface area contributed by atoms with Crippen LogP contribution in [0, 0.1) is 11.8 Å². The molecule has 0 aromatic heterocycles. The summed E-state index contributed by atoms with van der Waals surface area (Å²) in [5, 5.41) is 27.4. The number of aromatic hydroxyl groups is 2. The van der Waals surface area contributed by atoms with Crippen molar-refractivity contribution in [2.75, 3.05) is 40.9 Å². The normalized spacial score (nSPS) is 20.0. The molecule has 240 valence electrons. The lowest BCUT2D eigenvalue weighted by Crippen LogP contribution is -2.27. The Hall–Kier alpha value is -3.56. The molecule has 4 atom stereocenters. The van der Waals surface area contributed by atoms with E-state index in [1.807, 2.05) is 13.1 Å². The first-order chi connectivity index (χ1) is 21.2. The standard InChI is InChI=1S/C35H48N2O7/c1-22(38)44-27(11-9-23-10-12-32(40)34(15-23)42-3)17-26(39)18-30-28-8-6-5-7-24(28)16-25(21-37-14-13-36-2)29-19-33(41)35(43-4)20-31(29)30/h10,12,15-16,19-20,24,27-28,30,36-37,40-41H,5-9,11,13-14,17-18,21H2,1-4H3. The van der Waals surface area contributed by atoms with E-state index in [0.717, 1.165) is 61.0 Å². The van der Waals surface area contributed by atoms with Crippen LogP contribution in [0.15, 0.2) is 36.4 Å². The second kappa shape index (κ2) is 16.0. The summed E-state index contributed by atoms with van der Waals surface area (Å²) in [6.45, 7) is 3.70. The summed E-state index contributed by atoms with van der Waals surface area (Å²) in [4.78, 5) is 25.8. The van der Waals surface area contributed by atoms with Crippen molar-refractivity contribution in [3.63, 3.8) is 0 Å². The number of nitrogens with one attached hydrogen (secondary N) is 2. The topological polar surface area (TPSA) is 126 Å². The van der Waals surface area contributed by atoms with Crippen LogP contribution in [0.4, 0.5) is 0 Å². The number of phenols is 2. The number of aryl methyl sites for hydroxylation is 1. The summed E-state index contributed by atoms with van der Waals surface area (Å²) in [7, 11) is 4.97. The van der Waals surface area contributed by atoms with Gasteiger partial charge in [0.25, 0.3) is 0 Å². The number of rotatable bonds is 15. The molecule has 0 aliphatic heterocycles. The average Bonchev–Trinajstić information content (AvgIpc) is 3.12. The van der Waals surface area contributed by atoms with E-state index < -0.39 is 12.1 Å². The van der Waals surface area contributed by atoms with Gasteiger partial charge in [0.05, 0.1) is 14.2 Å². The van der Waals surface area contributed by atoms with E-state index in [1.165, 1.54) is 14.0 Å². The van der Waals surface area contributed by atoms with Crippen molar-refractivity contribution in [1.29, 1.82) is 0 Å². The Bertz CT molecular complexity index is 1320. The van der Waals surface area contributed by atoms with Gasteiger partial charge in [-0.25, -0.2) is 0 Å². The van der Waals surface area contributed by atoms with Crippen molar-refractivity contribution < 1.29 is 34.0 Å². The molecule has 2 aromatic rings. The first kappa shape index (κ1) is 33.3. The fourth-order valence-corrected chi connectivity index (χ4v) is 6.88. The van der Waals surface area contributed by atoms with Crippen LogP contribution < -0.4 is 20.1 Å². The van der Waals surface area contributed by atoms with Gasteiger partial charge in [-0.3, -0.25) is 9.59 Å². The third kappa shape index (κ3) is 8.54. The minimum absolute atomic E-state index is 0.0439. The minimum Gasteiger partial charge on any atom is -0.504 e. The van der Waals surface area contributed by atoms with Gasteiger partial charge in [0.2, 0.25) is 0 Å². The molecule has 9 heteroatoms. The van der Waals surface area contributed by atoms with Gasteiger partial charge in [-0.2, -0.15) is 0 Å². The molecule has 2 aliphatic rings. The monoisotopic (exact) mass is 608 g/mol. The molecule has 0 radical (unpaired) electrons. The molecule has 9 nitrogen and oxygen atoms in total. The van der Waals surface area contributed by atoms with E-state index in [9.17, 15) is 19.8 Å². The zero-order chi connectivity index (χ0) is 31.6. The molecule has 0 amide bonds. The number of esters is 1. The summed E-state index contributed by atoms with van der Waals surface area (Å²) in [5.74, 6) is 1.11. The number of carbonyl (C=O) groups excluding carboxylic acids is 2. The van der Waals surface area contributed by atoms with E-state index in [2.05, 4.69) is 16.7 Å². The number of ketones is 1. The van der Waals surface area contributed by atoms with Crippen LogP contribution in [0.25, 0.3) is 5.57 Å². The van der Waals surface area contributed by atoms with Crippen molar-refractivity contribution in [2.45, 2.75) is 70.3 Å². The quantitative estimate of drug-likeness (QED) is 0.161. The number of fused-ring (bicyclic) bond motifs is 2. The SMILES string of the molecule is CNCCNCC1=CC2CCCCC2C(CC(=O)CC(CCc2ccc(O)c(OC)c2)OC(C)=O)c2cc(OC)c(O)cc21. The van der Waals surface area contributed by atoms with Gasteiger partial charge in [-0.05, 0) is 97.0 Å². The first-order valence-electron chi connectivity index (χ1n) is 15.8. The summed E-state index contributed by atoms with van der Waals surface area (Å²) < 4.78 is 16.4. The Balaban J connectivity index is 1.58. The van der Waals surface area contributed by atoms with Gasteiger partial charge in [0.1, 0.15) is 11.9 Å².